The Labute approximate surface area is 75.8 Å². The summed E-state index contributed by atoms with van der Waals surface area (Å²) in [7, 11) is 1.62. The van der Waals surface area contributed by atoms with Gasteiger partial charge >= 0.3 is 5.95 Å². The fourth-order valence-corrected chi connectivity index (χ4v) is 0.925. The number of hydrogen-bond acceptors (Lipinski definition) is 6. The molecule has 1 rings (SSSR count). The molecule has 0 aliphatic heterocycles. The Morgan fingerprint density at radius 3 is 3.08 bits per heavy atom. The highest BCUT2D eigenvalue weighted by Gasteiger charge is 2.10. The van der Waals surface area contributed by atoms with Crippen molar-refractivity contribution < 1.29 is 14.4 Å². The molecule has 0 saturated heterocycles. The first kappa shape index (κ1) is 9.82. The summed E-state index contributed by atoms with van der Waals surface area (Å²) >= 11 is 0. The van der Waals surface area contributed by atoms with Crippen molar-refractivity contribution in [3.63, 3.8) is 0 Å². The second kappa shape index (κ2) is 4.68. The molecule has 0 radical (unpaired) electrons. The average Bonchev–Trinajstić information content (AvgIpc) is 2.52. The van der Waals surface area contributed by atoms with Gasteiger partial charge < -0.3 is 19.4 Å². The molecular formula is C7H13N3O3. The van der Waals surface area contributed by atoms with Crippen LogP contribution in [0.15, 0.2) is 10.7 Å². The average molecular weight is 187 g/mol. The van der Waals surface area contributed by atoms with Gasteiger partial charge in [0.15, 0.2) is 5.69 Å². The van der Waals surface area contributed by atoms with E-state index in [1.807, 2.05) is 0 Å². The number of nitrogens with two attached hydrogens (primary N) is 1. The van der Waals surface area contributed by atoms with E-state index in [9.17, 15) is 0 Å². The van der Waals surface area contributed by atoms with Crippen LogP contribution in [0, 0.1) is 0 Å². The lowest BCUT2D eigenvalue weighted by Gasteiger charge is -2.14. The van der Waals surface area contributed by atoms with Crippen LogP contribution in [-0.2, 0) is 4.74 Å². The maximum Gasteiger partial charge on any atom is 0.333 e. The number of nitrogens with zero attached hydrogens (tertiary/aromatic N) is 2. The fraction of sp³-hybridized carbons (Fsp3) is 0.571. The predicted molar refractivity (Wildman–Crippen MR) is 46.2 cm³/mol. The fourth-order valence-electron chi connectivity index (χ4n) is 0.925. The molecule has 1 heterocycles. The molecule has 0 aliphatic rings. The van der Waals surface area contributed by atoms with Crippen LogP contribution in [-0.4, -0.2) is 30.5 Å². The van der Waals surface area contributed by atoms with Crippen molar-refractivity contribution in [3.8, 4) is 5.95 Å². The van der Waals surface area contributed by atoms with Gasteiger partial charge in [0.1, 0.15) is 0 Å². The molecule has 0 bridgehead atoms. The second-order valence-corrected chi connectivity index (χ2v) is 2.56. The maximum absolute atomic E-state index is 9.10. The third-order valence-corrected chi connectivity index (χ3v) is 1.59. The van der Waals surface area contributed by atoms with Gasteiger partial charge in [-0.1, -0.05) is 5.16 Å². The highest BCUT2D eigenvalue weighted by molar-refractivity contribution is 5.49. The summed E-state index contributed by atoms with van der Waals surface area (Å²) in [6.45, 7) is 1.20. The van der Waals surface area contributed by atoms with E-state index in [1.54, 1.807) is 7.11 Å². The number of methoxy groups -OCH3 is 1. The van der Waals surface area contributed by atoms with Gasteiger partial charge in [-0.25, -0.2) is 5.84 Å². The number of anilines is 1. The van der Waals surface area contributed by atoms with E-state index < -0.39 is 0 Å². The smallest absolute Gasteiger partial charge is 0.333 e. The van der Waals surface area contributed by atoms with Gasteiger partial charge in [-0.2, -0.15) is 0 Å². The zero-order chi connectivity index (χ0) is 9.68. The zero-order valence-electron chi connectivity index (χ0n) is 7.43. The third kappa shape index (κ3) is 2.60. The normalized spacial score (nSPS) is 10.3. The van der Waals surface area contributed by atoms with E-state index in [0.29, 0.717) is 18.8 Å². The first-order chi connectivity index (χ1) is 6.25. The van der Waals surface area contributed by atoms with Crippen LogP contribution >= 0.6 is 0 Å². The summed E-state index contributed by atoms with van der Waals surface area (Å²) in [5.41, 5.74) is 0.385. The van der Waals surface area contributed by atoms with E-state index in [2.05, 4.69) is 9.68 Å². The number of aromatic hydroxyl groups is 1. The lowest BCUT2D eigenvalue weighted by atomic mass is 10.4. The summed E-state index contributed by atoms with van der Waals surface area (Å²) in [5, 5.41) is 13.9. The van der Waals surface area contributed by atoms with Gasteiger partial charge in [0, 0.05) is 20.3 Å². The maximum atomic E-state index is 9.10. The molecule has 1 aromatic heterocycles. The van der Waals surface area contributed by atoms with Crippen LogP contribution in [0.5, 0.6) is 5.95 Å². The van der Waals surface area contributed by atoms with E-state index in [4.69, 9.17) is 15.7 Å². The standard InChI is InChI=1S/C7H13N3O3/c1-12-4-2-3-10(8)6-5-9-13-7(6)11/h5,11H,2-4,8H2,1H3. The minimum atomic E-state index is -0.264. The van der Waals surface area contributed by atoms with Crippen LogP contribution in [0.1, 0.15) is 6.42 Å². The highest BCUT2D eigenvalue weighted by atomic mass is 16.5. The van der Waals surface area contributed by atoms with Crippen LogP contribution in [0.4, 0.5) is 5.69 Å². The zero-order valence-corrected chi connectivity index (χ0v) is 7.43. The largest absolute Gasteiger partial charge is 0.478 e. The summed E-state index contributed by atoms with van der Waals surface area (Å²) in [6.07, 6.45) is 2.14. The molecule has 0 unspecified atom stereocenters. The first-order valence-corrected chi connectivity index (χ1v) is 3.90. The molecule has 0 fully saturated rings. The van der Waals surface area contributed by atoms with Crippen molar-refractivity contribution in [3.05, 3.63) is 6.20 Å². The monoisotopic (exact) mass is 187 g/mol. The van der Waals surface area contributed by atoms with Crippen molar-refractivity contribution in [1.82, 2.24) is 5.16 Å². The number of rotatable bonds is 5. The molecule has 0 atom stereocenters. The molecule has 6 nitrogen and oxygen atoms in total. The van der Waals surface area contributed by atoms with Crippen molar-refractivity contribution in [2.24, 2.45) is 5.84 Å². The number of aromatic nitrogens is 1. The van der Waals surface area contributed by atoms with Crippen molar-refractivity contribution >= 4 is 5.69 Å². The molecule has 0 aliphatic carbocycles. The Bertz CT molecular complexity index is 251. The summed E-state index contributed by atoms with van der Waals surface area (Å²) in [4.78, 5) is 0. The van der Waals surface area contributed by atoms with E-state index in [-0.39, 0.29) is 5.95 Å². The molecule has 1 aromatic rings. The lowest BCUT2D eigenvalue weighted by molar-refractivity contribution is 0.196. The van der Waals surface area contributed by atoms with Crippen LogP contribution in [0.3, 0.4) is 0 Å². The number of hydrazine groups is 1. The Morgan fingerprint density at radius 2 is 2.54 bits per heavy atom. The summed E-state index contributed by atoms with van der Waals surface area (Å²) in [6, 6.07) is 0. The molecule has 0 spiro atoms. The van der Waals surface area contributed by atoms with Gasteiger partial charge in [0.05, 0.1) is 6.20 Å². The topological polar surface area (TPSA) is 84.8 Å². The van der Waals surface area contributed by atoms with Gasteiger partial charge in [-0.05, 0) is 6.42 Å². The number of ether oxygens (including phenoxy) is 1. The Morgan fingerprint density at radius 1 is 1.77 bits per heavy atom. The first-order valence-electron chi connectivity index (χ1n) is 3.90. The second-order valence-electron chi connectivity index (χ2n) is 2.56. The third-order valence-electron chi connectivity index (χ3n) is 1.59. The Hall–Kier alpha value is -1.27. The molecule has 0 aromatic carbocycles. The van der Waals surface area contributed by atoms with E-state index in [1.165, 1.54) is 11.2 Å². The summed E-state index contributed by atoms with van der Waals surface area (Å²) in [5.74, 6) is 5.33. The molecule has 3 N–H and O–H groups in total. The van der Waals surface area contributed by atoms with Gasteiger partial charge in [0.2, 0.25) is 0 Å². The Kier molecular flexibility index (Phi) is 3.53. The molecule has 6 heteroatoms. The quantitative estimate of drug-likeness (QED) is 0.386. The Balaban J connectivity index is 2.39. The number of hydrogen-bond donors (Lipinski definition) is 2. The minimum Gasteiger partial charge on any atom is -0.478 e. The molecule has 0 saturated carbocycles. The van der Waals surface area contributed by atoms with Crippen LogP contribution in [0.25, 0.3) is 0 Å². The highest BCUT2D eigenvalue weighted by Crippen LogP contribution is 2.23. The SMILES string of the molecule is COCCCN(N)c1cnoc1O. The van der Waals surface area contributed by atoms with Gasteiger partial charge in [-0.3, -0.25) is 0 Å². The molecule has 74 valence electrons. The van der Waals surface area contributed by atoms with E-state index >= 15 is 0 Å². The lowest BCUT2D eigenvalue weighted by Crippen LogP contribution is -2.32. The van der Waals surface area contributed by atoms with Gasteiger partial charge in [-0.15, -0.1) is 0 Å². The summed E-state index contributed by atoms with van der Waals surface area (Å²) < 4.78 is 9.30. The molecule has 0 amide bonds. The molecule has 13 heavy (non-hydrogen) atoms. The van der Waals surface area contributed by atoms with Crippen molar-refractivity contribution in [1.29, 1.82) is 0 Å². The van der Waals surface area contributed by atoms with Crippen LogP contribution in [0.2, 0.25) is 0 Å². The van der Waals surface area contributed by atoms with E-state index in [0.717, 1.165) is 6.42 Å². The van der Waals surface area contributed by atoms with Gasteiger partial charge in [0.25, 0.3) is 0 Å². The van der Waals surface area contributed by atoms with Crippen LogP contribution < -0.4 is 10.9 Å². The van der Waals surface area contributed by atoms with Crippen molar-refractivity contribution in [2.45, 2.75) is 6.42 Å². The predicted octanol–water partition coefficient (Wildman–Crippen LogP) is 0.0968. The minimum absolute atomic E-state index is 0.264. The molecular weight excluding hydrogens is 174 g/mol. The van der Waals surface area contributed by atoms with Crippen molar-refractivity contribution in [2.75, 3.05) is 25.3 Å².